The third kappa shape index (κ3) is 4.34. The molecule has 6 nitrogen and oxygen atoms in total. The first kappa shape index (κ1) is 21.9. The normalized spacial score (nSPS) is 14.7. The van der Waals surface area contributed by atoms with Gasteiger partial charge in [0.05, 0.1) is 10.7 Å². The number of amides is 3. The van der Waals surface area contributed by atoms with Crippen LogP contribution in [-0.4, -0.2) is 30.5 Å². The summed E-state index contributed by atoms with van der Waals surface area (Å²) in [5.41, 5.74) is 2.00. The second-order valence-electron chi connectivity index (χ2n) is 7.15. The molecule has 0 atom stereocenters. The number of nitrogens with zero attached hydrogens (tertiary/aromatic N) is 1. The van der Waals surface area contributed by atoms with Gasteiger partial charge in [0.25, 0.3) is 5.91 Å². The quantitative estimate of drug-likeness (QED) is 0.196. The number of hydrogen-bond donors (Lipinski definition) is 1. The van der Waals surface area contributed by atoms with E-state index in [-0.39, 0.29) is 18.1 Å². The molecule has 1 aliphatic rings. The molecule has 162 valence electrons. The fourth-order valence-corrected chi connectivity index (χ4v) is 4.35. The van der Waals surface area contributed by atoms with Crippen LogP contribution >= 0.6 is 22.6 Å². The van der Waals surface area contributed by atoms with Crippen molar-refractivity contribution in [1.29, 1.82) is 0 Å². The molecule has 1 heterocycles. The molecule has 0 unspecified atom stereocenters. The Morgan fingerprint density at radius 3 is 2.69 bits per heavy atom. The molecule has 0 aromatic heterocycles. The summed E-state index contributed by atoms with van der Waals surface area (Å²) < 4.78 is 12.5. The second kappa shape index (κ2) is 9.44. The summed E-state index contributed by atoms with van der Waals surface area (Å²) in [6.07, 6.45) is 3.14. The lowest BCUT2D eigenvalue weighted by molar-refractivity contribution is -0.122. The van der Waals surface area contributed by atoms with E-state index in [1.807, 2.05) is 30.3 Å². The molecule has 3 aromatic carbocycles. The van der Waals surface area contributed by atoms with Gasteiger partial charge in [0, 0.05) is 6.54 Å². The van der Waals surface area contributed by atoms with Crippen molar-refractivity contribution in [3.05, 3.63) is 87.6 Å². The molecule has 0 spiro atoms. The third-order valence-corrected chi connectivity index (χ3v) is 5.89. The van der Waals surface area contributed by atoms with E-state index in [0.29, 0.717) is 23.7 Å². The fourth-order valence-electron chi connectivity index (χ4n) is 3.56. The van der Waals surface area contributed by atoms with E-state index >= 15 is 0 Å². The highest BCUT2D eigenvalue weighted by Crippen LogP contribution is 2.36. The van der Waals surface area contributed by atoms with Crippen LogP contribution in [0.5, 0.6) is 11.5 Å². The summed E-state index contributed by atoms with van der Waals surface area (Å²) in [6.45, 7) is 4.12. The summed E-state index contributed by atoms with van der Waals surface area (Å²) in [4.78, 5) is 25.5. The van der Waals surface area contributed by atoms with Crippen molar-refractivity contribution in [3.63, 3.8) is 0 Å². The number of nitrogens with one attached hydrogen (secondary N) is 1. The van der Waals surface area contributed by atoms with Gasteiger partial charge in [0.2, 0.25) is 0 Å². The number of methoxy groups -OCH3 is 1. The minimum Gasteiger partial charge on any atom is -0.493 e. The maximum absolute atomic E-state index is 12.5. The molecule has 1 saturated heterocycles. The first-order valence-electron chi connectivity index (χ1n) is 9.94. The van der Waals surface area contributed by atoms with Crippen molar-refractivity contribution < 1.29 is 19.1 Å². The molecule has 1 fully saturated rings. The maximum Gasteiger partial charge on any atom is 0.329 e. The number of imide groups is 1. The summed E-state index contributed by atoms with van der Waals surface area (Å²) in [5.74, 6) is 0.780. The van der Waals surface area contributed by atoms with E-state index < -0.39 is 6.03 Å². The predicted molar refractivity (Wildman–Crippen MR) is 132 cm³/mol. The largest absolute Gasteiger partial charge is 0.493 e. The van der Waals surface area contributed by atoms with E-state index in [0.717, 1.165) is 24.8 Å². The summed E-state index contributed by atoms with van der Waals surface area (Å²) in [5, 5.41) is 4.90. The number of urea groups is 1. The lowest BCUT2D eigenvalue weighted by atomic mass is 10.1. The van der Waals surface area contributed by atoms with E-state index in [2.05, 4.69) is 52.7 Å². The van der Waals surface area contributed by atoms with E-state index in [4.69, 9.17) is 9.47 Å². The monoisotopic (exact) mass is 540 g/mol. The average Bonchev–Trinajstić information content (AvgIpc) is 3.05. The van der Waals surface area contributed by atoms with Crippen molar-refractivity contribution in [2.45, 2.75) is 6.61 Å². The van der Waals surface area contributed by atoms with Gasteiger partial charge in [-0.3, -0.25) is 9.69 Å². The molecule has 0 saturated carbocycles. The van der Waals surface area contributed by atoms with Crippen LogP contribution in [0.25, 0.3) is 16.8 Å². The molecule has 3 amide bonds. The van der Waals surface area contributed by atoms with Crippen molar-refractivity contribution in [3.8, 4) is 11.5 Å². The molecule has 1 aliphatic heterocycles. The lowest BCUT2D eigenvalue weighted by Gasteiger charge is -2.15. The number of carbonyl (C=O) groups excluding carboxylic acids is 2. The Kier molecular flexibility index (Phi) is 6.45. The smallest absolute Gasteiger partial charge is 0.329 e. The van der Waals surface area contributed by atoms with Crippen molar-refractivity contribution >= 4 is 51.4 Å². The Hall–Kier alpha value is -3.33. The van der Waals surface area contributed by atoms with Crippen molar-refractivity contribution in [2.75, 3.05) is 13.7 Å². The highest BCUT2D eigenvalue weighted by Gasteiger charge is 2.32. The molecule has 4 rings (SSSR count). The average molecular weight is 540 g/mol. The first-order valence-corrected chi connectivity index (χ1v) is 11.0. The zero-order valence-electron chi connectivity index (χ0n) is 17.4. The minimum absolute atomic E-state index is 0.157. The number of rotatable bonds is 7. The first-order chi connectivity index (χ1) is 15.5. The molecule has 0 radical (unpaired) electrons. The van der Waals surface area contributed by atoms with Crippen LogP contribution in [0.15, 0.2) is 72.9 Å². The van der Waals surface area contributed by atoms with Crippen LogP contribution in [-0.2, 0) is 11.4 Å². The van der Waals surface area contributed by atoms with Gasteiger partial charge in [0.15, 0.2) is 11.5 Å². The van der Waals surface area contributed by atoms with Crippen LogP contribution in [0.3, 0.4) is 0 Å². The number of benzene rings is 3. The zero-order chi connectivity index (χ0) is 22.7. The second-order valence-corrected chi connectivity index (χ2v) is 8.32. The molecule has 1 N–H and O–H groups in total. The van der Waals surface area contributed by atoms with Gasteiger partial charge in [0.1, 0.15) is 12.3 Å². The number of hydrogen-bond acceptors (Lipinski definition) is 4. The standard InChI is InChI=1S/C25H21IN2O4/c1-3-11-28-24(29)21(27-25(28)30)13-16-12-20(26)23(22(14-16)31-2)32-15-18-9-6-8-17-7-4-5-10-19(17)18/h3-10,12-14H,1,11,15H2,2H3,(H,27,30)/b21-13+. The third-order valence-electron chi connectivity index (χ3n) is 5.09. The Morgan fingerprint density at radius 2 is 1.91 bits per heavy atom. The van der Waals surface area contributed by atoms with Crippen LogP contribution in [0, 0.1) is 3.57 Å². The number of fused-ring (bicyclic) bond motifs is 1. The molecule has 0 bridgehead atoms. The lowest BCUT2D eigenvalue weighted by Crippen LogP contribution is -2.30. The number of carbonyl (C=O) groups is 2. The highest BCUT2D eigenvalue weighted by atomic mass is 127. The van der Waals surface area contributed by atoms with E-state index in [1.54, 1.807) is 19.3 Å². The van der Waals surface area contributed by atoms with E-state index in [1.165, 1.54) is 6.08 Å². The Bertz CT molecular complexity index is 1250. The molecule has 32 heavy (non-hydrogen) atoms. The molecule has 3 aromatic rings. The SMILES string of the molecule is C=CCN1C(=O)N/C(=C/c2cc(I)c(OCc3cccc4ccccc34)c(OC)c2)C1=O. The van der Waals surface area contributed by atoms with Gasteiger partial charge < -0.3 is 14.8 Å². The minimum atomic E-state index is -0.460. The van der Waals surface area contributed by atoms with Crippen LogP contribution < -0.4 is 14.8 Å². The van der Waals surface area contributed by atoms with Crippen LogP contribution in [0.4, 0.5) is 4.79 Å². The van der Waals surface area contributed by atoms with Gasteiger partial charge in [-0.05, 0) is 62.7 Å². The zero-order valence-corrected chi connectivity index (χ0v) is 19.6. The van der Waals surface area contributed by atoms with Crippen molar-refractivity contribution in [1.82, 2.24) is 10.2 Å². The van der Waals surface area contributed by atoms with Gasteiger partial charge in [-0.25, -0.2) is 4.79 Å². The van der Waals surface area contributed by atoms with Gasteiger partial charge in [-0.2, -0.15) is 0 Å². The van der Waals surface area contributed by atoms with Crippen LogP contribution in [0.1, 0.15) is 11.1 Å². The highest BCUT2D eigenvalue weighted by molar-refractivity contribution is 14.1. The fraction of sp³-hybridized carbons (Fsp3) is 0.120. The van der Waals surface area contributed by atoms with Gasteiger partial charge >= 0.3 is 6.03 Å². The summed E-state index contributed by atoms with van der Waals surface area (Å²) in [7, 11) is 1.57. The number of ether oxygens (including phenoxy) is 2. The molecule has 0 aliphatic carbocycles. The molecular formula is C25H21IN2O4. The maximum atomic E-state index is 12.5. The summed E-state index contributed by atoms with van der Waals surface area (Å²) >= 11 is 2.18. The number of halogens is 1. The van der Waals surface area contributed by atoms with Crippen molar-refractivity contribution in [2.24, 2.45) is 0 Å². The Morgan fingerprint density at radius 1 is 1.12 bits per heavy atom. The predicted octanol–water partition coefficient (Wildman–Crippen LogP) is 5.11. The van der Waals surface area contributed by atoms with E-state index in [9.17, 15) is 9.59 Å². The Balaban J connectivity index is 1.60. The van der Waals surface area contributed by atoms with Gasteiger partial charge in [-0.1, -0.05) is 48.5 Å². The Labute approximate surface area is 199 Å². The summed E-state index contributed by atoms with van der Waals surface area (Å²) in [6, 6.07) is 17.5. The molecule has 7 heteroatoms. The topological polar surface area (TPSA) is 67.9 Å². The molecular weight excluding hydrogens is 519 g/mol. The van der Waals surface area contributed by atoms with Crippen LogP contribution in [0.2, 0.25) is 0 Å². The van der Waals surface area contributed by atoms with Gasteiger partial charge in [-0.15, -0.1) is 6.58 Å².